The fourth-order valence-electron chi connectivity index (χ4n) is 3.14. The number of halogens is 2. The Morgan fingerprint density at radius 2 is 1.65 bits per heavy atom. The van der Waals surface area contributed by atoms with Crippen molar-refractivity contribution in [2.75, 3.05) is 13.1 Å². The second-order valence-corrected chi connectivity index (χ2v) is 7.41. The summed E-state index contributed by atoms with van der Waals surface area (Å²) in [6.45, 7) is 1.12. The molecule has 122 valence electrons. The molecule has 0 amide bonds. The number of likely N-dealkylation sites (tertiary alicyclic amines) is 1. The van der Waals surface area contributed by atoms with Gasteiger partial charge in [0.15, 0.2) is 0 Å². The largest absolute Gasteiger partial charge is 0.307 e. The first-order valence-corrected chi connectivity index (χ1v) is 8.83. The van der Waals surface area contributed by atoms with Gasteiger partial charge in [-0.25, -0.2) is 4.39 Å². The third-order valence-corrected chi connectivity index (χ3v) is 5.45. The molecule has 1 fully saturated rings. The Hall–Kier alpha value is -1.79. The summed E-state index contributed by atoms with van der Waals surface area (Å²) in [7, 11) is -4.67. The SMILES string of the molecule is O=S(=O)(F)[C@@H]1CN(Cc2ccccc2)C[C@@H]1c1ccc(F)cc1. The molecule has 0 saturated carbocycles. The van der Waals surface area contributed by atoms with Crippen molar-refractivity contribution >= 4 is 10.2 Å². The van der Waals surface area contributed by atoms with Gasteiger partial charge in [0.2, 0.25) is 0 Å². The minimum Gasteiger partial charge on any atom is -0.297 e. The van der Waals surface area contributed by atoms with Crippen molar-refractivity contribution in [1.29, 1.82) is 0 Å². The van der Waals surface area contributed by atoms with E-state index in [0.717, 1.165) is 5.56 Å². The van der Waals surface area contributed by atoms with Gasteiger partial charge in [-0.1, -0.05) is 42.5 Å². The first-order valence-electron chi connectivity index (χ1n) is 7.39. The monoisotopic (exact) mass is 337 g/mol. The summed E-state index contributed by atoms with van der Waals surface area (Å²) >= 11 is 0. The summed E-state index contributed by atoms with van der Waals surface area (Å²) in [5.41, 5.74) is 1.69. The van der Waals surface area contributed by atoms with E-state index in [4.69, 9.17) is 0 Å². The highest BCUT2D eigenvalue weighted by molar-refractivity contribution is 7.87. The molecule has 6 heteroatoms. The summed E-state index contributed by atoms with van der Waals surface area (Å²) < 4.78 is 49.8. The molecule has 2 aromatic rings. The van der Waals surface area contributed by atoms with Gasteiger partial charge in [-0.3, -0.25) is 4.90 Å². The van der Waals surface area contributed by atoms with Crippen molar-refractivity contribution in [3.8, 4) is 0 Å². The molecular weight excluding hydrogens is 320 g/mol. The van der Waals surface area contributed by atoms with Crippen molar-refractivity contribution in [2.24, 2.45) is 0 Å². The van der Waals surface area contributed by atoms with Crippen LogP contribution in [0.2, 0.25) is 0 Å². The lowest BCUT2D eigenvalue weighted by Crippen LogP contribution is -2.26. The minimum atomic E-state index is -4.67. The highest BCUT2D eigenvalue weighted by Gasteiger charge is 2.42. The first-order chi connectivity index (χ1) is 10.9. The maximum atomic E-state index is 13.7. The zero-order valence-electron chi connectivity index (χ0n) is 12.4. The lowest BCUT2D eigenvalue weighted by molar-refractivity contribution is 0.326. The third kappa shape index (κ3) is 3.76. The number of hydrogen-bond acceptors (Lipinski definition) is 3. The smallest absolute Gasteiger partial charge is 0.297 e. The lowest BCUT2D eigenvalue weighted by atomic mass is 9.98. The van der Waals surface area contributed by atoms with Crippen LogP contribution in [0.15, 0.2) is 54.6 Å². The summed E-state index contributed by atoms with van der Waals surface area (Å²) in [6, 6.07) is 15.2. The normalized spacial score (nSPS) is 22.3. The first kappa shape index (κ1) is 16.1. The lowest BCUT2D eigenvalue weighted by Gasteiger charge is -2.16. The molecule has 0 aliphatic carbocycles. The van der Waals surface area contributed by atoms with E-state index in [9.17, 15) is 16.7 Å². The average Bonchev–Trinajstić information content (AvgIpc) is 2.93. The Morgan fingerprint density at radius 3 is 2.26 bits per heavy atom. The van der Waals surface area contributed by atoms with Crippen LogP contribution >= 0.6 is 0 Å². The van der Waals surface area contributed by atoms with Gasteiger partial charge in [-0.2, -0.15) is 8.42 Å². The molecule has 1 aliphatic heterocycles. The predicted molar refractivity (Wildman–Crippen MR) is 84.7 cm³/mol. The van der Waals surface area contributed by atoms with Crippen LogP contribution in [-0.2, 0) is 16.8 Å². The van der Waals surface area contributed by atoms with Crippen LogP contribution in [-0.4, -0.2) is 31.7 Å². The number of rotatable bonds is 4. The Labute approximate surface area is 134 Å². The molecule has 1 saturated heterocycles. The molecule has 0 spiro atoms. The van der Waals surface area contributed by atoms with Gasteiger partial charge >= 0.3 is 10.2 Å². The maximum Gasteiger partial charge on any atom is 0.307 e. The molecule has 23 heavy (non-hydrogen) atoms. The van der Waals surface area contributed by atoms with Crippen LogP contribution in [0.5, 0.6) is 0 Å². The molecule has 2 aromatic carbocycles. The second-order valence-electron chi connectivity index (χ2n) is 5.85. The van der Waals surface area contributed by atoms with Gasteiger partial charge in [0.1, 0.15) is 11.1 Å². The van der Waals surface area contributed by atoms with E-state index in [1.165, 1.54) is 24.3 Å². The zero-order valence-corrected chi connectivity index (χ0v) is 13.2. The number of benzene rings is 2. The summed E-state index contributed by atoms with van der Waals surface area (Å²) in [6.07, 6.45) is 0. The van der Waals surface area contributed by atoms with Crippen LogP contribution in [0.4, 0.5) is 8.28 Å². The molecule has 3 nitrogen and oxygen atoms in total. The Morgan fingerprint density at radius 1 is 1.00 bits per heavy atom. The Bertz CT molecular complexity index is 763. The molecule has 0 unspecified atom stereocenters. The topological polar surface area (TPSA) is 37.4 Å². The van der Waals surface area contributed by atoms with Crippen molar-refractivity contribution in [3.63, 3.8) is 0 Å². The van der Waals surface area contributed by atoms with E-state index < -0.39 is 27.2 Å². The van der Waals surface area contributed by atoms with E-state index in [2.05, 4.69) is 0 Å². The number of nitrogens with zero attached hydrogens (tertiary/aromatic N) is 1. The summed E-state index contributed by atoms with van der Waals surface area (Å²) in [5.74, 6) is -0.887. The molecular formula is C17H17F2NO2S. The van der Waals surface area contributed by atoms with E-state index in [1.54, 1.807) is 0 Å². The highest BCUT2D eigenvalue weighted by Crippen LogP contribution is 2.33. The van der Waals surface area contributed by atoms with Crippen LogP contribution in [0.3, 0.4) is 0 Å². The molecule has 3 rings (SSSR count). The van der Waals surface area contributed by atoms with Gasteiger partial charge in [-0.05, 0) is 23.3 Å². The van der Waals surface area contributed by atoms with E-state index in [0.29, 0.717) is 18.7 Å². The summed E-state index contributed by atoms with van der Waals surface area (Å²) in [4.78, 5) is 1.92. The van der Waals surface area contributed by atoms with Crippen LogP contribution in [0.1, 0.15) is 17.0 Å². The standard InChI is InChI=1S/C17H17F2NO2S/c18-15-8-6-14(7-9-15)16-11-20(12-17(16)23(19,21)22)10-13-4-2-1-3-5-13/h1-9,16-17H,10-12H2/t16-,17-/m1/s1. The van der Waals surface area contributed by atoms with Crippen molar-refractivity contribution in [3.05, 3.63) is 71.5 Å². The minimum absolute atomic E-state index is 0.135. The van der Waals surface area contributed by atoms with E-state index in [1.807, 2.05) is 35.2 Å². The average molecular weight is 337 g/mol. The van der Waals surface area contributed by atoms with Gasteiger partial charge in [0.25, 0.3) is 0 Å². The van der Waals surface area contributed by atoms with Crippen molar-refractivity contribution in [1.82, 2.24) is 4.90 Å². The fraction of sp³-hybridized carbons (Fsp3) is 0.294. The highest BCUT2D eigenvalue weighted by atomic mass is 32.3. The number of hydrogen-bond donors (Lipinski definition) is 0. The maximum absolute atomic E-state index is 13.7. The zero-order chi connectivity index (χ0) is 16.4. The van der Waals surface area contributed by atoms with Gasteiger partial charge < -0.3 is 0 Å². The van der Waals surface area contributed by atoms with Crippen LogP contribution < -0.4 is 0 Å². The van der Waals surface area contributed by atoms with Gasteiger partial charge in [0, 0.05) is 25.6 Å². The molecule has 0 bridgehead atoms. The second kappa shape index (κ2) is 6.37. The molecule has 0 radical (unpaired) electrons. The van der Waals surface area contributed by atoms with Crippen LogP contribution in [0, 0.1) is 5.82 Å². The molecule has 0 aromatic heterocycles. The summed E-state index contributed by atoms with van der Waals surface area (Å²) in [5, 5.41) is -1.11. The molecule has 1 aliphatic rings. The van der Waals surface area contributed by atoms with E-state index >= 15 is 0 Å². The van der Waals surface area contributed by atoms with Gasteiger partial charge in [-0.15, -0.1) is 3.89 Å². The van der Waals surface area contributed by atoms with Crippen molar-refractivity contribution < 1.29 is 16.7 Å². The quantitative estimate of drug-likeness (QED) is 0.805. The predicted octanol–water partition coefficient (Wildman–Crippen LogP) is 3.09. The third-order valence-electron chi connectivity index (χ3n) is 4.25. The van der Waals surface area contributed by atoms with Crippen molar-refractivity contribution in [2.45, 2.75) is 17.7 Å². The fourth-order valence-corrected chi connectivity index (χ4v) is 4.16. The molecule has 0 N–H and O–H groups in total. The molecule has 2 atom stereocenters. The van der Waals surface area contributed by atoms with Crippen LogP contribution in [0.25, 0.3) is 0 Å². The van der Waals surface area contributed by atoms with E-state index in [-0.39, 0.29) is 6.54 Å². The molecule has 1 heterocycles. The Balaban J connectivity index is 1.84. The Kier molecular flexibility index (Phi) is 4.46. The van der Waals surface area contributed by atoms with Gasteiger partial charge in [0.05, 0.1) is 0 Å².